The number of pyridine rings is 1. The van der Waals surface area contributed by atoms with E-state index in [2.05, 4.69) is 73.8 Å². The zero-order chi connectivity index (χ0) is 34.2. The fourth-order valence-electron chi connectivity index (χ4n) is 5.08. The van der Waals surface area contributed by atoms with Crippen LogP contribution in [0.25, 0.3) is 0 Å². The third kappa shape index (κ3) is 8.36. The fourth-order valence-corrected chi connectivity index (χ4v) is 7.49. The average Bonchev–Trinajstić information content (AvgIpc) is 2.89. The number of hydrogen-bond donors (Lipinski definition) is 0. The first-order valence-corrected chi connectivity index (χ1v) is 21.8. The van der Waals surface area contributed by atoms with Crippen LogP contribution >= 0.6 is 0 Å². The number of rotatable bonds is 10. The van der Waals surface area contributed by atoms with Gasteiger partial charge in [-0.3, -0.25) is 9.59 Å². The molecular weight excluding hydrogens is 601 g/mol. The van der Waals surface area contributed by atoms with Crippen LogP contribution in [0.2, 0.25) is 36.3 Å². The molecule has 1 unspecified atom stereocenters. The van der Waals surface area contributed by atoms with E-state index in [1.165, 1.54) is 6.92 Å². The smallest absolute Gasteiger partial charge is 0.303 e. The van der Waals surface area contributed by atoms with Crippen LogP contribution in [0.15, 0.2) is 41.3 Å². The number of esters is 1. The lowest BCUT2D eigenvalue weighted by Crippen LogP contribution is -2.54. The number of fused-ring (bicyclic) bond motifs is 1. The number of benzene rings is 1. The van der Waals surface area contributed by atoms with E-state index in [4.69, 9.17) is 18.3 Å². The minimum atomic E-state index is -2.19. The van der Waals surface area contributed by atoms with Crippen LogP contribution in [0.1, 0.15) is 104 Å². The van der Waals surface area contributed by atoms with Gasteiger partial charge in [-0.15, -0.1) is 0 Å². The summed E-state index contributed by atoms with van der Waals surface area (Å²) < 4.78 is 27.1. The summed E-state index contributed by atoms with van der Waals surface area (Å²) in [5.41, 5.74) is 0.674. The second-order valence-corrected chi connectivity index (χ2v) is 25.4. The molecule has 1 aromatic carbocycles. The Bertz CT molecular complexity index is 1480. The van der Waals surface area contributed by atoms with E-state index in [9.17, 15) is 14.9 Å². The van der Waals surface area contributed by atoms with Crippen molar-refractivity contribution in [3.05, 3.63) is 63.6 Å². The zero-order valence-corrected chi connectivity index (χ0v) is 31.7. The molecule has 1 aliphatic rings. The fraction of sp³-hybridized carbons (Fsp3) is 0.629. The van der Waals surface area contributed by atoms with Crippen LogP contribution in [-0.2, 0) is 18.4 Å². The second-order valence-electron chi connectivity index (χ2n) is 15.9. The largest absolute Gasteiger partial charge is 0.484 e. The molecule has 10 heteroatoms. The maximum absolute atomic E-state index is 14.0. The lowest BCUT2D eigenvalue weighted by molar-refractivity contribution is -0.163. The molecule has 0 spiro atoms. The van der Waals surface area contributed by atoms with Gasteiger partial charge in [-0.25, -0.2) is 0 Å². The molecule has 0 amide bonds. The minimum Gasteiger partial charge on any atom is -0.484 e. The highest BCUT2D eigenvalue weighted by Crippen LogP contribution is 2.44. The van der Waals surface area contributed by atoms with Crippen LogP contribution in [0.5, 0.6) is 5.75 Å². The Morgan fingerprint density at radius 3 is 2.20 bits per heavy atom. The number of aromatic nitrogens is 1. The van der Waals surface area contributed by atoms with Crippen LogP contribution in [0, 0.1) is 11.3 Å². The van der Waals surface area contributed by atoms with E-state index in [-0.39, 0.29) is 21.7 Å². The lowest BCUT2D eigenvalue weighted by Gasteiger charge is -2.44. The van der Waals surface area contributed by atoms with Gasteiger partial charge in [0.1, 0.15) is 17.4 Å². The van der Waals surface area contributed by atoms with Gasteiger partial charge >= 0.3 is 5.97 Å². The molecule has 3 rings (SSSR count). The van der Waals surface area contributed by atoms with Gasteiger partial charge in [0.25, 0.3) is 5.56 Å². The minimum absolute atomic E-state index is 0.00896. The summed E-state index contributed by atoms with van der Waals surface area (Å²) in [6, 6.07) is 10.2. The highest BCUT2D eigenvalue weighted by molar-refractivity contribution is 6.74. The van der Waals surface area contributed by atoms with Crippen molar-refractivity contribution in [3.63, 3.8) is 0 Å². The Labute approximate surface area is 272 Å². The van der Waals surface area contributed by atoms with E-state index >= 15 is 0 Å². The molecule has 45 heavy (non-hydrogen) atoms. The first-order chi connectivity index (χ1) is 20.5. The quantitative estimate of drug-likeness (QED) is 0.144. The van der Waals surface area contributed by atoms with Crippen molar-refractivity contribution in [1.29, 1.82) is 5.26 Å². The van der Waals surface area contributed by atoms with E-state index in [1.54, 1.807) is 35.0 Å². The standard InChI is InChI=1S/C35H54N2O6Si2/c1-24(38)41-32-31(27-21-25(23-36)16-17-29(27)42-35(32,8)9)37-19-18-26(22-30(37)39)28(43-45(12,13)34(5,6)7)15-14-20-40-44(10,11)33(2,3)4/h16-19,21-22,28,31-32H,14-15,20H2,1-13H3/t28?,31-,32+/m1/s1. The van der Waals surface area contributed by atoms with Crippen molar-refractivity contribution in [1.82, 2.24) is 4.57 Å². The highest BCUT2D eigenvalue weighted by Gasteiger charge is 2.48. The van der Waals surface area contributed by atoms with Crippen molar-refractivity contribution in [2.24, 2.45) is 0 Å². The van der Waals surface area contributed by atoms with E-state index < -0.39 is 40.4 Å². The zero-order valence-electron chi connectivity index (χ0n) is 29.7. The lowest BCUT2D eigenvalue weighted by atomic mass is 9.85. The van der Waals surface area contributed by atoms with Crippen LogP contribution < -0.4 is 10.3 Å². The summed E-state index contributed by atoms with van der Waals surface area (Å²) in [5, 5.41) is 9.74. The Hall–Kier alpha value is -2.72. The summed E-state index contributed by atoms with van der Waals surface area (Å²) in [7, 11) is -4.08. The second kappa shape index (κ2) is 13.2. The molecule has 1 aliphatic heterocycles. The molecule has 8 nitrogen and oxygen atoms in total. The molecule has 2 heterocycles. The molecule has 248 valence electrons. The van der Waals surface area contributed by atoms with Gasteiger partial charge in [-0.05, 0) is 92.8 Å². The molecular formula is C35H54N2O6Si2. The van der Waals surface area contributed by atoms with Gasteiger partial charge in [0, 0.05) is 31.4 Å². The third-order valence-corrected chi connectivity index (χ3v) is 18.9. The Balaban J connectivity index is 2.05. The van der Waals surface area contributed by atoms with E-state index in [0.717, 1.165) is 18.4 Å². The molecule has 0 N–H and O–H groups in total. The monoisotopic (exact) mass is 654 g/mol. The van der Waals surface area contributed by atoms with Crippen molar-refractivity contribution in [3.8, 4) is 11.8 Å². The third-order valence-electron chi connectivity index (χ3n) is 9.86. The van der Waals surface area contributed by atoms with Crippen molar-refractivity contribution in [2.75, 3.05) is 6.61 Å². The predicted octanol–water partition coefficient (Wildman–Crippen LogP) is 8.28. The summed E-state index contributed by atoms with van der Waals surface area (Å²) in [5.74, 6) is 0.0678. The molecule has 0 saturated heterocycles. The number of nitrogens with zero attached hydrogens (tertiary/aromatic N) is 2. The molecule has 0 radical (unpaired) electrons. The van der Waals surface area contributed by atoms with Gasteiger partial charge in [-0.1, -0.05) is 41.5 Å². The van der Waals surface area contributed by atoms with Crippen molar-refractivity contribution >= 4 is 22.6 Å². The highest BCUT2D eigenvalue weighted by atomic mass is 28.4. The summed E-state index contributed by atoms with van der Waals surface area (Å²) in [4.78, 5) is 26.3. The molecule has 1 aromatic heterocycles. The molecule has 0 bridgehead atoms. The Morgan fingerprint density at radius 1 is 1.04 bits per heavy atom. The van der Waals surface area contributed by atoms with Crippen LogP contribution in [0.3, 0.4) is 0 Å². The SMILES string of the molecule is CC(=O)O[C@H]1[C@H](n2ccc(C(CCCO[Si](C)(C)C(C)(C)C)O[Si](C)(C)C(C)(C)C)cc2=O)c2cc(C#N)ccc2OC1(C)C. The topological polar surface area (TPSA) is 99.8 Å². The van der Waals surface area contributed by atoms with Gasteiger partial charge in [0.15, 0.2) is 22.7 Å². The Morgan fingerprint density at radius 2 is 1.67 bits per heavy atom. The number of ether oxygens (including phenoxy) is 2. The molecule has 3 atom stereocenters. The predicted molar refractivity (Wildman–Crippen MR) is 184 cm³/mol. The van der Waals surface area contributed by atoms with Gasteiger partial charge in [0.2, 0.25) is 0 Å². The van der Waals surface area contributed by atoms with Crippen molar-refractivity contribution in [2.45, 2.75) is 135 Å². The van der Waals surface area contributed by atoms with Crippen molar-refractivity contribution < 1.29 is 23.1 Å². The summed E-state index contributed by atoms with van der Waals surface area (Å²) in [6.45, 7) is 28.0. The molecule has 0 saturated carbocycles. The Kier molecular flexibility index (Phi) is 10.8. The van der Waals surface area contributed by atoms with Crippen LogP contribution in [0.4, 0.5) is 0 Å². The molecule has 0 fully saturated rings. The maximum Gasteiger partial charge on any atom is 0.303 e. The first-order valence-electron chi connectivity index (χ1n) is 15.9. The number of hydrogen-bond acceptors (Lipinski definition) is 7. The number of carbonyl (C=O) groups is 1. The normalized spacial score (nSPS) is 19.2. The maximum atomic E-state index is 14.0. The van der Waals surface area contributed by atoms with Crippen LogP contribution in [-0.4, -0.2) is 45.5 Å². The summed E-state index contributed by atoms with van der Waals surface area (Å²) in [6.07, 6.45) is 2.20. The average molecular weight is 655 g/mol. The number of carbonyl (C=O) groups excluding carboxylic acids is 1. The van der Waals surface area contributed by atoms with Gasteiger partial charge in [-0.2, -0.15) is 5.26 Å². The molecule has 2 aromatic rings. The van der Waals surface area contributed by atoms with Gasteiger partial charge < -0.3 is 22.9 Å². The van der Waals surface area contributed by atoms with Gasteiger partial charge in [0.05, 0.1) is 17.7 Å². The van der Waals surface area contributed by atoms with E-state index in [1.807, 2.05) is 19.9 Å². The first kappa shape index (κ1) is 36.7. The molecule has 0 aliphatic carbocycles. The van der Waals surface area contributed by atoms with E-state index in [0.29, 0.717) is 23.5 Å². The summed E-state index contributed by atoms with van der Waals surface area (Å²) >= 11 is 0. The number of nitriles is 1.